The lowest BCUT2D eigenvalue weighted by Gasteiger charge is -2.21. The van der Waals surface area contributed by atoms with Crippen molar-refractivity contribution in [3.63, 3.8) is 0 Å². The Morgan fingerprint density at radius 2 is 2.21 bits per heavy atom. The summed E-state index contributed by atoms with van der Waals surface area (Å²) in [5, 5.41) is 8.39. The molecule has 2 fully saturated rings. The van der Waals surface area contributed by atoms with Gasteiger partial charge in [0.2, 0.25) is 10.0 Å². The van der Waals surface area contributed by atoms with Crippen molar-refractivity contribution < 1.29 is 17.7 Å². The van der Waals surface area contributed by atoms with Gasteiger partial charge in [0.15, 0.2) is 11.4 Å². The highest BCUT2D eigenvalue weighted by Gasteiger charge is 2.46. The van der Waals surface area contributed by atoms with Crippen LogP contribution < -0.4 is 9.46 Å². The molecule has 148 valence electrons. The molecule has 0 amide bonds. The van der Waals surface area contributed by atoms with Crippen LogP contribution in [0.3, 0.4) is 0 Å². The average Bonchev–Trinajstić information content (AvgIpc) is 3.46. The van der Waals surface area contributed by atoms with E-state index < -0.39 is 10.0 Å². The third-order valence-corrected chi connectivity index (χ3v) is 7.88. The summed E-state index contributed by atoms with van der Waals surface area (Å²) in [5.74, 6) is 1.51. The van der Waals surface area contributed by atoms with E-state index >= 15 is 0 Å². The van der Waals surface area contributed by atoms with E-state index in [4.69, 9.17) is 9.26 Å². The highest BCUT2D eigenvalue weighted by molar-refractivity contribution is 7.93. The lowest BCUT2D eigenvalue weighted by atomic mass is 10.0. The largest absolute Gasteiger partial charge is 0.496 e. The Morgan fingerprint density at radius 1 is 1.32 bits per heavy atom. The number of ether oxygens (including phenoxy) is 1. The van der Waals surface area contributed by atoms with E-state index in [2.05, 4.69) is 15.0 Å². The number of nitrogens with one attached hydrogen (secondary N) is 1. The molecule has 1 unspecified atom stereocenters. The van der Waals surface area contributed by atoms with Gasteiger partial charge in [0.1, 0.15) is 11.1 Å². The first-order valence-electron chi connectivity index (χ1n) is 9.49. The first kappa shape index (κ1) is 17.5. The van der Waals surface area contributed by atoms with Crippen LogP contribution >= 0.6 is 0 Å². The standard InChI is InChI=1S/C19H22N4O4S/c1-26-15-8-13(11-23-6-2-5-20-23)9-16-18(15)19(21-27-16)22-28(24,25)17-10-12-3-4-14(17)7-12/h2,5-6,8-9,12,14,17H,3-4,7,10-11H2,1H3,(H,21,22)/t12-,14+,17?/m0/s1. The van der Waals surface area contributed by atoms with E-state index in [0.29, 0.717) is 29.2 Å². The summed E-state index contributed by atoms with van der Waals surface area (Å²) in [6.07, 6.45) is 7.48. The van der Waals surface area contributed by atoms with Gasteiger partial charge in [-0.15, -0.1) is 0 Å². The number of hydrogen-bond donors (Lipinski definition) is 1. The zero-order chi connectivity index (χ0) is 19.3. The molecule has 0 radical (unpaired) electrons. The van der Waals surface area contributed by atoms with Gasteiger partial charge in [-0.2, -0.15) is 5.10 Å². The summed E-state index contributed by atoms with van der Waals surface area (Å²) in [4.78, 5) is 0. The Bertz CT molecular complexity index is 1110. The van der Waals surface area contributed by atoms with Gasteiger partial charge in [0, 0.05) is 12.4 Å². The maximum Gasteiger partial charge on any atom is 0.237 e. The summed E-state index contributed by atoms with van der Waals surface area (Å²) in [6, 6.07) is 5.55. The van der Waals surface area contributed by atoms with Gasteiger partial charge < -0.3 is 9.26 Å². The molecule has 3 aromatic rings. The number of nitrogens with zero attached hydrogens (tertiary/aromatic N) is 3. The highest BCUT2D eigenvalue weighted by atomic mass is 32.2. The van der Waals surface area contributed by atoms with Crippen LogP contribution in [0, 0.1) is 11.8 Å². The lowest BCUT2D eigenvalue weighted by Crippen LogP contribution is -2.32. The fraction of sp³-hybridized carbons (Fsp3) is 0.474. The Hall–Kier alpha value is -2.55. The molecule has 1 aromatic carbocycles. The number of methoxy groups -OCH3 is 1. The van der Waals surface area contributed by atoms with Gasteiger partial charge in [-0.3, -0.25) is 9.40 Å². The van der Waals surface area contributed by atoms with Crippen molar-refractivity contribution >= 4 is 26.8 Å². The summed E-state index contributed by atoms with van der Waals surface area (Å²) in [6.45, 7) is 0.548. The highest BCUT2D eigenvalue weighted by Crippen LogP contribution is 2.47. The molecule has 1 N–H and O–H groups in total. The third-order valence-electron chi connectivity index (χ3n) is 6.03. The molecule has 5 rings (SSSR count). The predicted molar refractivity (Wildman–Crippen MR) is 104 cm³/mol. The number of aromatic nitrogens is 3. The molecule has 0 saturated heterocycles. The third kappa shape index (κ3) is 2.94. The van der Waals surface area contributed by atoms with Gasteiger partial charge in [0.25, 0.3) is 0 Å². The summed E-state index contributed by atoms with van der Waals surface area (Å²) < 4.78 is 41.3. The number of sulfonamides is 1. The molecule has 2 aromatic heterocycles. The minimum absolute atomic E-state index is 0.195. The minimum Gasteiger partial charge on any atom is -0.496 e. The molecule has 8 nitrogen and oxygen atoms in total. The SMILES string of the molecule is COc1cc(Cn2cccn2)cc2onc(NS(=O)(=O)C3C[C@H]4CC[C@@H]3C4)c12. The Labute approximate surface area is 162 Å². The van der Waals surface area contributed by atoms with Gasteiger partial charge in [-0.1, -0.05) is 11.6 Å². The predicted octanol–water partition coefficient (Wildman–Crippen LogP) is 3.01. The molecule has 2 aliphatic rings. The van der Waals surface area contributed by atoms with E-state index in [1.165, 1.54) is 0 Å². The fourth-order valence-electron chi connectivity index (χ4n) is 4.77. The molecule has 28 heavy (non-hydrogen) atoms. The van der Waals surface area contributed by atoms with Crippen molar-refractivity contribution in [2.75, 3.05) is 11.8 Å². The minimum atomic E-state index is -3.52. The van der Waals surface area contributed by atoms with Crippen molar-refractivity contribution in [1.29, 1.82) is 0 Å². The van der Waals surface area contributed by atoms with Crippen LogP contribution in [-0.2, 0) is 16.6 Å². The maximum absolute atomic E-state index is 13.0. The zero-order valence-corrected chi connectivity index (χ0v) is 16.4. The van der Waals surface area contributed by atoms with Gasteiger partial charge >= 0.3 is 0 Å². The molecule has 0 aliphatic heterocycles. The second kappa shape index (κ2) is 6.51. The molecule has 2 heterocycles. The molecule has 3 atom stereocenters. The van der Waals surface area contributed by atoms with Crippen LogP contribution in [0.25, 0.3) is 11.0 Å². The summed E-state index contributed by atoms with van der Waals surface area (Å²) in [5.41, 5.74) is 1.40. The van der Waals surface area contributed by atoms with Crippen molar-refractivity contribution in [3.8, 4) is 5.75 Å². The van der Waals surface area contributed by atoms with E-state index in [-0.39, 0.29) is 17.0 Å². The molecular weight excluding hydrogens is 380 g/mol. The first-order valence-corrected chi connectivity index (χ1v) is 11.0. The number of anilines is 1. The van der Waals surface area contributed by atoms with Gasteiger partial charge in [-0.25, -0.2) is 8.42 Å². The fourth-order valence-corrected chi connectivity index (χ4v) is 6.61. The van der Waals surface area contributed by atoms with Crippen molar-refractivity contribution in [3.05, 3.63) is 36.2 Å². The number of fused-ring (bicyclic) bond motifs is 3. The summed E-state index contributed by atoms with van der Waals surface area (Å²) in [7, 11) is -1.97. The van der Waals surface area contributed by atoms with E-state index in [9.17, 15) is 8.42 Å². The molecule has 0 spiro atoms. The smallest absolute Gasteiger partial charge is 0.237 e. The second-order valence-electron chi connectivity index (χ2n) is 7.77. The van der Waals surface area contributed by atoms with Crippen molar-refractivity contribution in [1.82, 2.24) is 14.9 Å². The molecule has 2 saturated carbocycles. The van der Waals surface area contributed by atoms with Crippen molar-refractivity contribution in [2.24, 2.45) is 11.8 Å². The second-order valence-corrected chi connectivity index (χ2v) is 9.67. The monoisotopic (exact) mass is 402 g/mol. The van der Waals surface area contributed by atoms with Crippen LogP contribution in [0.5, 0.6) is 5.75 Å². The topological polar surface area (TPSA) is 99.2 Å². The number of benzene rings is 1. The Balaban J connectivity index is 1.47. The number of hydrogen-bond acceptors (Lipinski definition) is 6. The lowest BCUT2D eigenvalue weighted by molar-refractivity contribution is 0.418. The maximum atomic E-state index is 13.0. The zero-order valence-electron chi connectivity index (χ0n) is 15.5. The van der Waals surface area contributed by atoms with E-state index in [1.807, 2.05) is 24.4 Å². The number of rotatable bonds is 6. The van der Waals surface area contributed by atoms with Crippen molar-refractivity contribution in [2.45, 2.75) is 37.5 Å². The average molecular weight is 402 g/mol. The van der Waals surface area contributed by atoms with E-state index in [1.54, 1.807) is 18.0 Å². The molecular formula is C19H22N4O4S. The van der Waals surface area contributed by atoms with Crippen LogP contribution in [0.2, 0.25) is 0 Å². The molecule has 9 heteroatoms. The molecule has 2 aliphatic carbocycles. The quantitative estimate of drug-likeness (QED) is 0.680. The first-order chi connectivity index (χ1) is 13.5. The Morgan fingerprint density at radius 3 is 2.89 bits per heavy atom. The van der Waals surface area contributed by atoms with Gasteiger partial charge in [-0.05, 0) is 54.9 Å². The normalized spacial score (nSPS) is 24.1. The van der Waals surface area contributed by atoms with Crippen LogP contribution in [0.1, 0.15) is 31.2 Å². The van der Waals surface area contributed by atoms with E-state index in [0.717, 1.165) is 31.2 Å². The van der Waals surface area contributed by atoms with Crippen LogP contribution in [0.15, 0.2) is 35.1 Å². The van der Waals surface area contributed by atoms with Crippen LogP contribution in [-0.4, -0.2) is 35.7 Å². The molecule has 2 bridgehead atoms. The van der Waals surface area contributed by atoms with Crippen LogP contribution in [0.4, 0.5) is 5.82 Å². The summed E-state index contributed by atoms with van der Waals surface area (Å²) >= 11 is 0. The van der Waals surface area contributed by atoms with Gasteiger partial charge in [0.05, 0.1) is 18.9 Å². The Kier molecular flexibility index (Phi) is 4.08.